The molecule has 2 aromatic carbocycles. The molecule has 0 spiro atoms. The molecule has 0 saturated carbocycles. The summed E-state index contributed by atoms with van der Waals surface area (Å²) in [6, 6.07) is 13.9. The number of para-hydroxylation sites is 1. The third kappa shape index (κ3) is 3.47. The predicted molar refractivity (Wildman–Crippen MR) is 89.8 cm³/mol. The number of benzene rings is 2. The third-order valence-electron chi connectivity index (χ3n) is 3.87. The molecule has 1 heterocycles. The molecule has 0 radical (unpaired) electrons. The summed E-state index contributed by atoms with van der Waals surface area (Å²) in [6.45, 7) is 1.82. The number of aromatic nitrogens is 1. The van der Waals surface area contributed by atoms with Crippen LogP contribution in [0.15, 0.2) is 59.3 Å². The number of phenolic OH excluding ortho intramolecular Hbond substituents is 1. The molecule has 0 amide bonds. The molecule has 1 aromatic heterocycles. The van der Waals surface area contributed by atoms with E-state index in [1.807, 2.05) is 19.1 Å². The van der Waals surface area contributed by atoms with Gasteiger partial charge in [0.2, 0.25) is 0 Å². The fourth-order valence-electron chi connectivity index (χ4n) is 2.69. The molecule has 1 atom stereocenters. The summed E-state index contributed by atoms with van der Waals surface area (Å²) in [5.41, 5.74) is 2.30. The van der Waals surface area contributed by atoms with Gasteiger partial charge in [-0.25, -0.2) is 9.78 Å². The van der Waals surface area contributed by atoms with Crippen molar-refractivity contribution in [2.45, 2.75) is 12.8 Å². The van der Waals surface area contributed by atoms with E-state index in [1.165, 1.54) is 13.5 Å². The van der Waals surface area contributed by atoms with Crippen LogP contribution < -0.4 is 4.74 Å². The Balaban J connectivity index is 2.14. The average Bonchev–Trinajstić information content (AvgIpc) is 3.04. The topological polar surface area (TPSA) is 81.8 Å². The van der Waals surface area contributed by atoms with Crippen LogP contribution in [-0.2, 0) is 4.74 Å². The highest BCUT2D eigenvalue weighted by Crippen LogP contribution is 2.38. The molecule has 0 bridgehead atoms. The molecule has 3 rings (SSSR count). The maximum atomic E-state index is 11.6. The molecule has 128 valence electrons. The van der Waals surface area contributed by atoms with E-state index in [-0.39, 0.29) is 11.7 Å². The molecule has 0 fully saturated rings. The van der Waals surface area contributed by atoms with E-state index in [4.69, 9.17) is 9.15 Å². The van der Waals surface area contributed by atoms with Gasteiger partial charge in [-0.3, -0.25) is 0 Å². The highest BCUT2D eigenvalue weighted by Gasteiger charge is 2.26. The zero-order valence-electron chi connectivity index (χ0n) is 13.8. The van der Waals surface area contributed by atoms with Gasteiger partial charge < -0.3 is 19.0 Å². The van der Waals surface area contributed by atoms with Gasteiger partial charge in [0, 0.05) is 5.56 Å². The standard InChI is InChI=1S/C19H17NO5/c1-12-18(20-11-24-12)17(13-7-9-14(21)10-8-13)15-5-3-4-6-16(15)25-19(22)23-2/h3-11,17,21H,1-2H3. The van der Waals surface area contributed by atoms with Crippen LogP contribution in [0, 0.1) is 6.92 Å². The largest absolute Gasteiger partial charge is 0.513 e. The fourth-order valence-corrected chi connectivity index (χ4v) is 2.69. The van der Waals surface area contributed by atoms with Gasteiger partial charge in [0.15, 0.2) is 6.39 Å². The highest BCUT2D eigenvalue weighted by atomic mass is 16.7. The van der Waals surface area contributed by atoms with Crippen LogP contribution in [0.2, 0.25) is 0 Å². The third-order valence-corrected chi connectivity index (χ3v) is 3.87. The van der Waals surface area contributed by atoms with Gasteiger partial charge in [0.25, 0.3) is 0 Å². The van der Waals surface area contributed by atoms with Crippen molar-refractivity contribution >= 4 is 6.16 Å². The van der Waals surface area contributed by atoms with E-state index >= 15 is 0 Å². The molecule has 6 nitrogen and oxygen atoms in total. The van der Waals surface area contributed by atoms with Gasteiger partial charge in [0.05, 0.1) is 18.7 Å². The van der Waals surface area contributed by atoms with Crippen LogP contribution in [0.5, 0.6) is 11.5 Å². The Hall–Kier alpha value is -3.28. The lowest BCUT2D eigenvalue weighted by Crippen LogP contribution is -2.12. The lowest BCUT2D eigenvalue weighted by atomic mass is 9.87. The van der Waals surface area contributed by atoms with Crippen molar-refractivity contribution < 1.29 is 23.8 Å². The molecular formula is C19H17NO5. The average molecular weight is 339 g/mol. The molecule has 1 unspecified atom stereocenters. The SMILES string of the molecule is COC(=O)Oc1ccccc1C(c1ccc(O)cc1)c1ncoc1C. The maximum Gasteiger partial charge on any atom is 0.513 e. The maximum absolute atomic E-state index is 11.6. The second-order valence-electron chi connectivity index (χ2n) is 5.41. The zero-order valence-corrected chi connectivity index (χ0v) is 13.8. The van der Waals surface area contributed by atoms with Crippen molar-refractivity contribution in [2.75, 3.05) is 7.11 Å². The van der Waals surface area contributed by atoms with Crippen LogP contribution in [-0.4, -0.2) is 23.4 Å². The van der Waals surface area contributed by atoms with E-state index in [0.29, 0.717) is 17.2 Å². The number of methoxy groups -OCH3 is 1. The lowest BCUT2D eigenvalue weighted by Gasteiger charge is -2.19. The molecule has 25 heavy (non-hydrogen) atoms. The first-order chi connectivity index (χ1) is 12.1. The smallest absolute Gasteiger partial charge is 0.508 e. The number of ether oxygens (including phenoxy) is 2. The van der Waals surface area contributed by atoms with E-state index in [2.05, 4.69) is 9.72 Å². The summed E-state index contributed by atoms with van der Waals surface area (Å²) in [5, 5.41) is 9.58. The predicted octanol–water partition coefficient (Wildman–Crippen LogP) is 4.01. The number of aromatic hydroxyl groups is 1. The minimum atomic E-state index is -0.797. The highest BCUT2D eigenvalue weighted by molar-refractivity contribution is 5.65. The van der Waals surface area contributed by atoms with Crippen molar-refractivity contribution in [3.05, 3.63) is 77.5 Å². The molecule has 1 N–H and O–H groups in total. The number of oxazole rings is 1. The van der Waals surface area contributed by atoms with E-state index < -0.39 is 6.16 Å². The number of carbonyl (C=O) groups excluding carboxylic acids is 1. The Kier molecular flexibility index (Phi) is 4.70. The minimum Gasteiger partial charge on any atom is -0.508 e. The molecule has 0 saturated heterocycles. The fraction of sp³-hybridized carbons (Fsp3) is 0.158. The Morgan fingerprint density at radius 3 is 2.52 bits per heavy atom. The molecule has 3 aromatic rings. The van der Waals surface area contributed by atoms with Gasteiger partial charge in [0.1, 0.15) is 17.3 Å². The van der Waals surface area contributed by atoms with Gasteiger partial charge in [-0.2, -0.15) is 0 Å². The molecular weight excluding hydrogens is 322 g/mol. The number of hydrogen-bond donors (Lipinski definition) is 1. The number of hydrogen-bond acceptors (Lipinski definition) is 6. The summed E-state index contributed by atoms with van der Waals surface area (Å²) >= 11 is 0. The van der Waals surface area contributed by atoms with Crippen LogP contribution in [0.25, 0.3) is 0 Å². The summed E-state index contributed by atoms with van der Waals surface area (Å²) in [6.07, 6.45) is 0.579. The molecule has 6 heteroatoms. The Bertz CT molecular complexity index is 870. The van der Waals surface area contributed by atoms with Gasteiger partial charge in [-0.05, 0) is 30.7 Å². The Labute approximate surface area is 144 Å². The monoisotopic (exact) mass is 339 g/mol. The van der Waals surface area contributed by atoms with Crippen molar-refractivity contribution in [2.24, 2.45) is 0 Å². The summed E-state index contributed by atoms with van der Waals surface area (Å²) in [7, 11) is 1.25. The van der Waals surface area contributed by atoms with Crippen molar-refractivity contribution in [3.63, 3.8) is 0 Å². The summed E-state index contributed by atoms with van der Waals surface area (Å²) in [4.78, 5) is 15.9. The number of nitrogens with zero attached hydrogens (tertiary/aromatic N) is 1. The zero-order chi connectivity index (χ0) is 17.8. The van der Waals surface area contributed by atoms with Gasteiger partial charge in [-0.1, -0.05) is 30.3 Å². The molecule has 0 aliphatic heterocycles. The van der Waals surface area contributed by atoms with Crippen LogP contribution in [0.3, 0.4) is 0 Å². The van der Waals surface area contributed by atoms with Crippen LogP contribution >= 0.6 is 0 Å². The normalized spacial score (nSPS) is 11.8. The quantitative estimate of drug-likeness (QED) is 0.571. The number of carbonyl (C=O) groups is 1. The van der Waals surface area contributed by atoms with Crippen molar-refractivity contribution in [1.82, 2.24) is 4.98 Å². The Morgan fingerprint density at radius 2 is 1.88 bits per heavy atom. The first-order valence-electron chi connectivity index (χ1n) is 7.63. The van der Waals surface area contributed by atoms with Crippen LogP contribution in [0.1, 0.15) is 28.5 Å². The second-order valence-corrected chi connectivity index (χ2v) is 5.41. The summed E-state index contributed by atoms with van der Waals surface area (Å²) in [5.74, 6) is 0.861. The van der Waals surface area contributed by atoms with Crippen LogP contribution in [0.4, 0.5) is 4.79 Å². The number of phenols is 1. The van der Waals surface area contributed by atoms with Crippen molar-refractivity contribution in [3.8, 4) is 11.5 Å². The Morgan fingerprint density at radius 1 is 1.16 bits per heavy atom. The van der Waals surface area contributed by atoms with Crippen molar-refractivity contribution in [1.29, 1.82) is 0 Å². The summed E-state index contributed by atoms with van der Waals surface area (Å²) < 4.78 is 15.2. The first kappa shape index (κ1) is 16.6. The number of rotatable bonds is 4. The van der Waals surface area contributed by atoms with E-state index in [0.717, 1.165) is 11.1 Å². The minimum absolute atomic E-state index is 0.165. The lowest BCUT2D eigenvalue weighted by molar-refractivity contribution is 0.121. The molecule has 0 aliphatic rings. The first-order valence-corrected chi connectivity index (χ1v) is 7.63. The van der Waals surface area contributed by atoms with E-state index in [1.54, 1.807) is 36.4 Å². The van der Waals surface area contributed by atoms with Gasteiger partial charge in [-0.15, -0.1) is 0 Å². The van der Waals surface area contributed by atoms with Gasteiger partial charge >= 0.3 is 6.16 Å². The second kappa shape index (κ2) is 7.09. The van der Waals surface area contributed by atoms with E-state index in [9.17, 15) is 9.90 Å². The number of aryl methyl sites for hydroxylation is 1. The molecule has 0 aliphatic carbocycles.